The number of likely N-dealkylation sites (tertiary alicyclic amines) is 1. The number of nitrogens with zero attached hydrogens (tertiary/aromatic N) is 3. The first-order chi connectivity index (χ1) is 19.1. The van der Waals surface area contributed by atoms with Crippen molar-refractivity contribution in [3.8, 4) is 5.75 Å². The minimum Gasteiger partial charge on any atom is -0.476 e. The predicted molar refractivity (Wildman–Crippen MR) is 154 cm³/mol. The Morgan fingerprint density at radius 2 is 1.78 bits per heavy atom. The van der Waals surface area contributed by atoms with E-state index in [1.165, 1.54) is 12.0 Å². The van der Waals surface area contributed by atoms with Crippen LogP contribution in [-0.2, 0) is 28.6 Å². The zero-order valence-electron chi connectivity index (χ0n) is 25.8. The number of hydrogen-bond donors (Lipinski definition) is 0. The van der Waals surface area contributed by atoms with E-state index >= 15 is 0 Å². The van der Waals surface area contributed by atoms with Crippen molar-refractivity contribution >= 4 is 35.3 Å². The van der Waals surface area contributed by atoms with E-state index in [1.807, 2.05) is 13.8 Å². The Balaban J connectivity index is 1.96. The van der Waals surface area contributed by atoms with Crippen molar-refractivity contribution in [1.29, 1.82) is 0 Å². The number of piperidine rings is 1. The average Bonchev–Trinajstić information content (AvgIpc) is 2.89. The molecule has 0 bridgehead atoms. The van der Waals surface area contributed by atoms with Crippen molar-refractivity contribution in [3.63, 3.8) is 0 Å². The molecule has 1 fully saturated rings. The van der Waals surface area contributed by atoms with Crippen molar-refractivity contribution in [1.82, 2.24) is 4.90 Å². The van der Waals surface area contributed by atoms with E-state index in [0.717, 1.165) is 0 Å². The fourth-order valence-electron chi connectivity index (χ4n) is 5.26. The number of esters is 1. The molecular weight excluding hydrogens is 530 g/mol. The molecule has 2 aliphatic rings. The molecule has 0 N–H and O–H groups in total. The maximum absolute atomic E-state index is 14.1. The first-order valence-electron chi connectivity index (χ1n) is 14.1. The van der Waals surface area contributed by atoms with Gasteiger partial charge in [0.1, 0.15) is 11.4 Å². The smallest absolute Gasteiger partial charge is 0.410 e. The van der Waals surface area contributed by atoms with Crippen molar-refractivity contribution in [3.05, 3.63) is 18.2 Å². The molecule has 2 heterocycles. The van der Waals surface area contributed by atoms with Crippen LogP contribution in [0, 0.1) is 11.8 Å². The number of rotatable bonds is 8. The third-order valence-electron chi connectivity index (χ3n) is 7.11. The van der Waals surface area contributed by atoms with E-state index in [0.29, 0.717) is 36.7 Å². The van der Waals surface area contributed by atoms with Gasteiger partial charge in [-0.2, -0.15) is 0 Å². The summed E-state index contributed by atoms with van der Waals surface area (Å²) < 4.78 is 21.8. The number of ether oxygens (including phenoxy) is 4. The fourth-order valence-corrected chi connectivity index (χ4v) is 5.26. The SMILES string of the molecule is COCCCN1C(=O)C(C)(C)Oc2ccc(N(C(=O)[C@@H]3CC(C(=O)OC)CN(C(=O)OC(C)(C)C)C3)C(C)C)cc21. The van der Waals surface area contributed by atoms with Crippen LogP contribution in [0.15, 0.2) is 18.2 Å². The summed E-state index contributed by atoms with van der Waals surface area (Å²) in [4.78, 5) is 57.7. The topological polar surface area (TPSA) is 115 Å². The van der Waals surface area contributed by atoms with Crippen LogP contribution >= 0.6 is 0 Å². The van der Waals surface area contributed by atoms with Gasteiger partial charge in [0.15, 0.2) is 5.60 Å². The lowest BCUT2D eigenvalue weighted by Crippen LogP contribution is -2.53. The van der Waals surface area contributed by atoms with Gasteiger partial charge in [-0.05, 0) is 79.5 Å². The molecule has 11 nitrogen and oxygen atoms in total. The van der Waals surface area contributed by atoms with E-state index in [9.17, 15) is 19.2 Å². The Labute approximate surface area is 243 Å². The summed E-state index contributed by atoms with van der Waals surface area (Å²) in [5.41, 5.74) is -0.607. The van der Waals surface area contributed by atoms with Crippen molar-refractivity contribution < 1.29 is 38.1 Å². The van der Waals surface area contributed by atoms with E-state index in [4.69, 9.17) is 18.9 Å². The zero-order chi connectivity index (χ0) is 30.7. The molecule has 2 atom stereocenters. The van der Waals surface area contributed by atoms with Crippen LogP contribution < -0.4 is 14.5 Å². The standard InChI is InChI=1S/C30H45N3O8/c1-19(2)33(22-11-12-24-23(16-22)32(13-10-14-38-8)27(36)30(6,7)40-24)25(34)20-15-21(26(35)39-9)18-31(17-20)28(37)41-29(3,4)5/h11-12,16,19-21H,10,13-15,17-18H2,1-9H3/t20-,21?/m1/s1. The monoisotopic (exact) mass is 575 g/mol. The minimum absolute atomic E-state index is 0.105. The molecule has 1 aromatic rings. The first-order valence-corrected chi connectivity index (χ1v) is 14.1. The highest BCUT2D eigenvalue weighted by Gasteiger charge is 2.43. The number of anilines is 2. The van der Waals surface area contributed by atoms with Crippen LogP contribution in [0.5, 0.6) is 5.75 Å². The maximum Gasteiger partial charge on any atom is 0.410 e. The molecule has 0 spiro atoms. The molecule has 0 radical (unpaired) electrons. The van der Waals surface area contributed by atoms with Gasteiger partial charge in [0.05, 0.1) is 24.6 Å². The average molecular weight is 576 g/mol. The number of methoxy groups -OCH3 is 2. The maximum atomic E-state index is 14.1. The third kappa shape index (κ3) is 7.49. The van der Waals surface area contributed by atoms with Gasteiger partial charge in [-0.1, -0.05) is 0 Å². The molecule has 2 aliphatic heterocycles. The van der Waals surface area contributed by atoms with Gasteiger partial charge in [-0.25, -0.2) is 4.79 Å². The second kappa shape index (κ2) is 12.7. The normalized spacial score (nSPS) is 20.3. The highest BCUT2D eigenvalue weighted by atomic mass is 16.6. The largest absolute Gasteiger partial charge is 0.476 e. The summed E-state index contributed by atoms with van der Waals surface area (Å²) in [5, 5.41) is 0. The quantitative estimate of drug-likeness (QED) is 0.337. The van der Waals surface area contributed by atoms with Gasteiger partial charge in [-0.3, -0.25) is 14.4 Å². The van der Waals surface area contributed by atoms with Gasteiger partial charge >= 0.3 is 12.1 Å². The molecule has 3 amide bonds. The van der Waals surface area contributed by atoms with Crippen LogP contribution in [0.2, 0.25) is 0 Å². The highest BCUT2D eigenvalue weighted by molar-refractivity contribution is 6.04. The molecular formula is C30H45N3O8. The molecule has 0 aromatic heterocycles. The second-order valence-corrected chi connectivity index (χ2v) is 12.4. The van der Waals surface area contributed by atoms with E-state index < -0.39 is 35.1 Å². The Hall–Kier alpha value is -3.34. The number of amides is 3. The van der Waals surface area contributed by atoms with E-state index in [2.05, 4.69) is 0 Å². The minimum atomic E-state index is -1.04. The van der Waals surface area contributed by atoms with Gasteiger partial charge in [0.2, 0.25) is 5.91 Å². The zero-order valence-corrected chi connectivity index (χ0v) is 25.8. The van der Waals surface area contributed by atoms with Gasteiger partial charge < -0.3 is 33.6 Å². The Bertz CT molecular complexity index is 1140. The van der Waals surface area contributed by atoms with Crippen molar-refractivity contribution in [2.24, 2.45) is 11.8 Å². The number of carbonyl (C=O) groups is 4. The summed E-state index contributed by atoms with van der Waals surface area (Å²) in [6.07, 6.45) is 0.281. The van der Waals surface area contributed by atoms with Crippen LogP contribution in [-0.4, -0.2) is 86.5 Å². The summed E-state index contributed by atoms with van der Waals surface area (Å²) in [5.74, 6) is -1.69. The molecule has 0 aliphatic carbocycles. The van der Waals surface area contributed by atoms with Gasteiger partial charge in [-0.15, -0.1) is 0 Å². The lowest BCUT2D eigenvalue weighted by molar-refractivity contribution is -0.148. The molecule has 0 saturated carbocycles. The van der Waals surface area contributed by atoms with Crippen LogP contribution in [0.3, 0.4) is 0 Å². The van der Waals surface area contributed by atoms with Crippen molar-refractivity contribution in [2.45, 2.75) is 78.6 Å². The Morgan fingerprint density at radius 3 is 2.37 bits per heavy atom. The number of benzene rings is 1. The van der Waals surface area contributed by atoms with Crippen LogP contribution in [0.1, 0.15) is 61.3 Å². The molecule has 1 unspecified atom stereocenters. The van der Waals surface area contributed by atoms with Gasteiger partial charge in [0.25, 0.3) is 5.91 Å². The summed E-state index contributed by atoms with van der Waals surface area (Å²) >= 11 is 0. The molecule has 11 heteroatoms. The Morgan fingerprint density at radius 1 is 1.12 bits per heavy atom. The first kappa shape index (κ1) is 32.2. The van der Waals surface area contributed by atoms with E-state index in [-0.39, 0.29) is 37.4 Å². The second-order valence-electron chi connectivity index (χ2n) is 12.4. The number of carbonyl (C=O) groups excluding carboxylic acids is 4. The fraction of sp³-hybridized carbons (Fsp3) is 0.667. The lowest BCUT2D eigenvalue weighted by atomic mass is 9.88. The molecule has 1 saturated heterocycles. The molecule has 41 heavy (non-hydrogen) atoms. The van der Waals surface area contributed by atoms with Crippen LogP contribution in [0.4, 0.5) is 16.2 Å². The number of hydrogen-bond acceptors (Lipinski definition) is 8. The molecule has 3 rings (SSSR count). The van der Waals surface area contributed by atoms with Crippen molar-refractivity contribution in [2.75, 3.05) is 50.3 Å². The number of fused-ring (bicyclic) bond motifs is 1. The Kier molecular flexibility index (Phi) is 9.94. The summed E-state index contributed by atoms with van der Waals surface area (Å²) in [7, 11) is 2.91. The highest BCUT2D eigenvalue weighted by Crippen LogP contribution is 2.41. The summed E-state index contributed by atoms with van der Waals surface area (Å²) in [6, 6.07) is 5.10. The predicted octanol–water partition coefficient (Wildman–Crippen LogP) is 4.01. The lowest BCUT2D eigenvalue weighted by Gasteiger charge is -2.41. The summed E-state index contributed by atoms with van der Waals surface area (Å²) in [6.45, 7) is 13.7. The van der Waals surface area contributed by atoms with Gasteiger partial charge in [0, 0.05) is 45.1 Å². The van der Waals surface area contributed by atoms with Crippen LogP contribution in [0.25, 0.3) is 0 Å². The van der Waals surface area contributed by atoms with E-state index in [1.54, 1.807) is 69.7 Å². The molecule has 228 valence electrons. The third-order valence-corrected chi connectivity index (χ3v) is 7.11. The molecule has 1 aromatic carbocycles.